The average Bonchev–Trinajstić information content (AvgIpc) is 3.21. The van der Waals surface area contributed by atoms with Gasteiger partial charge in [-0.3, -0.25) is 9.36 Å². The number of aryl methyl sites for hydroxylation is 1. The van der Waals surface area contributed by atoms with Crippen LogP contribution in [0.2, 0.25) is 5.02 Å². The maximum Gasteiger partial charge on any atom is 0.192 e. The summed E-state index contributed by atoms with van der Waals surface area (Å²) in [6, 6.07) is 8.75. The summed E-state index contributed by atoms with van der Waals surface area (Å²) in [7, 11) is 0. The van der Waals surface area contributed by atoms with E-state index in [0.29, 0.717) is 28.1 Å². The molecule has 2 heterocycles. The van der Waals surface area contributed by atoms with Gasteiger partial charge < -0.3 is 4.42 Å². The van der Waals surface area contributed by atoms with Gasteiger partial charge in [-0.2, -0.15) is 0 Å². The fourth-order valence-corrected chi connectivity index (χ4v) is 3.61. The van der Waals surface area contributed by atoms with Gasteiger partial charge in [0, 0.05) is 17.1 Å². The topological polar surface area (TPSA) is 60.9 Å². The lowest BCUT2D eigenvalue weighted by molar-refractivity contribution is 0.0994. The minimum Gasteiger partial charge on any atom is -0.469 e. The molecule has 0 saturated carbocycles. The van der Waals surface area contributed by atoms with Crippen LogP contribution in [0, 0.1) is 6.92 Å². The molecule has 1 atom stereocenters. The van der Waals surface area contributed by atoms with Crippen LogP contribution < -0.4 is 0 Å². The van der Waals surface area contributed by atoms with Crippen LogP contribution in [-0.2, 0) is 6.54 Å². The number of allylic oxidation sites excluding steroid dienone is 1. The summed E-state index contributed by atoms with van der Waals surface area (Å²) < 4.78 is 7.30. The van der Waals surface area contributed by atoms with Crippen molar-refractivity contribution in [1.82, 2.24) is 14.8 Å². The standard InChI is InChI=1S/C19H18ClN3O2S/c1-4-10-23-18(16-9-11-25-12(16)2)21-22-19(23)26-13(3)17(24)14-5-7-15(20)8-6-14/h4-9,11,13H,1,10H2,2-3H3. The van der Waals surface area contributed by atoms with Gasteiger partial charge in [0.1, 0.15) is 5.76 Å². The zero-order valence-electron chi connectivity index (χ0n) is 14.5. The van der Waals surface area contributed by atoms with Crippen LogP contribution >= 0.6 is 23.4 Å². The van der Waals surface area contributed by atoms with Gasteiger partial charge in [-0.1, -0.05) is 29.4 Å². The van der Waals surface area contributed by atoms with Crippen LogP contribution in [0.15, 0.2) is 58.8 Å². The van der Waals surface area contributed by atoms with Gasteiger partial charge in [-0.05, 0) is 44.2 Å². The van der Waals surface area contributed by atoms with E-state index in [0.717, 1.165) is 11.3 Å². The molecule has 0 N–H and O–H groups in total. The van der Waals surface area contributed by atoms with E-state index in [-0.39, 0.29) is 11.0 Å². The fourth-order valence-electron chi connectivity index (χ4n) is 2.55. The molecule has 2 aromatic heterocycles. The number of furan rings is 1. The summed E-state index contributed by atoms with van der Waals surface area (Å²) >= 11 is 7.26. The van der Waals surface area contributed by atoms with Gasteiger partial charge in [0.15, 0.2) is 16.8 Å². The molecule has 0 saturated heterocycles. The Morgan fingerprint density at radius 3 is 2.69 bits per heavy atom. The molecule has 0 bridgehead atoms. The summed E-state index contributed by atoms with van der Waals surface area (Å²) in [5, 5.41) is 9.51. The van der Waals surface area contributed by atoms with Gasteiger partial charge in [0.25, 0.3) is 0 Å². The largest absolute Gasteiger partial charge is 0.469 e. The lowest BCUT2D eigenvalue weighted by Crippen LogP contribution is -2.14. The predicted octanol–water partition coefficient (Wildman–Crippen LogP) is 5.05. The van der Waals surface area contributed by atoms with Crippen molar-refractivity contribution in [2.75, 3.05) is 0 Å². The average molecular weight is 388 g/mol. The van der Waals surface area contributed by atoms with E-state index in [4.69, 9.17) is 16.0 Å². The third-order valence-corrected chi connectivity index (χ3v) is 5.24. The van der Waals surface area contributed by atoms with E-state index < -0.39 is 0 Å². The maximum absolute atomic E-state index is 12.7. The molecule has 0 aliphatic carbocycles. The monoisotopic (exact) mass is 387 g/mol. The first-order valence-electron chi connectivity index (χ1n) is 8.06. The van der Waals surface area contributed by atoms with Crippen molar-refractivity contribution in [3.05, 3.63) is 65.6 Å². The third kappa shape index (κ3) is 3.76. The Morgan fingerprint density at radius 2 is 2.08 bits per heavy atom. The smallest absolute Gasteiger partial charge is 0.192 e. The second-order valence-electron chi connectivity index (χ2n) is 5.73. The van der Waals surface area contributed by atoms with Crippen molar-refractivity contribution in [1.29, 1.82) is 0 Å². The number of Topliss-reactive ketones (excluding diaryl/α,β-unsaturated/α-hetero) is 1. The van der Waals surface area contributed by atoms with E-state index in [1.807, 2.05) is 24.5 Å². The lowest BCUT2D eigenvalue weighted by Gasteiger charge is -2.11. The molecule has 7 heteroatoms. The van der Waals surface area contributed by atoms with Gasteiger partial charge in [-0.25, -0.2) is 0 Å². The number of rotatable bonds is 7. The molecule has 0 spiro atoms. The summed E-state index contributed by atoms with van der Waals surface area (Å²) in [6.45, 7) is 8.08. The number of aromatic nitrogens is 3. The van der Waals surface area contributed by atoms with Crippen molar-refractivity contribution in [3.8, 4) is 11.4 Å². The van der Waals surface area contributed by atoms with Crippen LogP contribution in [0.1, 0.15) is 23.0 Å². The number of ketones is 1. The molecule has 0 amide bonds. The molecule has 3 aromatic rings. The van der Waals surface area contributed by atoms with Gasteiger partial charge in [-0.15, -0.1) is 16.8 Å². The highest BCUT2D eigenvalue weighted by Crippen LogP contribution is 2.30. The highest BCUT2D eigenvalue weighted by atomic mass is 35.5. The normalized spacial score (nSPS) is 12.1. The Hall–Kier alpha value is -2.31. The molecular weight excluding hydrogens is 370 g/mol. The SMILES string of the molecule is C=CCn1c(SC(C)C(=O)c2ccc(Cl)cc2)nnc1-c1ccoc1C. The van der Waals surface area contributed by atoms with Crippen molar-refractivity contribution in [2.45, 2.75) is 30.8 Å². The van der Waals surface area contributed by atoms with Crippen LogP contribution in [-0.4, -0.2) is 25.8 Å². The van der Waals surface area contributed by atoms with E-state index in [2.05, 4.69) is 16.8 Å². The first-order chi connectivity index (χ1) is 12.5. The number of thioether (sulfide) groups is 1. The third-order valence-electron chi connectivity index (χ3n) is 3.91. The Labute approximate surface area is 161 Å². The number of benzene rings is 1. The molecule has 5 nitrogen and oxygen atoms in total. The fraction of sp³-hybridized carbons (Fsp3) is 0.211. The number of hydrogen-bond acceptors (Lipinski definition) is 5. The van der Waals surface area contributed by atoms with Crippen LogP contribution in [0.5, 0.6) is 0 Å². The molecule has 134 valence electrons. The number of carbonyl (C=O) groups excluding carboxylic acids is 1. The van der Waals surface area contributed by atoms with Crippen LogP contribution in [0.25, 0.3) is 11.4 Å². The first-order valence-corrected chi connectivity index (χ1v) is 9.32. The van der Waals surface area contributed by atoms with Crippen molar-refractivity contribution >= 4 is 29.1 Å². The molecular formula is C19H18ClN3O2S. The van der Waals surface area contributed by atoms with E-state index >= 15 is 0 Å². The first kappa shape index (κ1) is 18.5. The Balaban J connectivity index is 1.86. The molecule has 26 heavy (non-hydrogen) atoms. The lowest BCUT2D eigenvalue weighted by atomic mass is 10.1. The minimum absolute atomic E-state index is 0.0147. The van der Waals surface area contributed by atoms with Gasteiger partial charge in [0.2, 0.25) is 0 Å². The quantitative estimate of drug-likeness (QED) is 0.322. The van der Waals surface area contributed by atoms with Crippen LogP contribution in [0.4, 0.5) is 0 Å². The van der Waals surface area contributed by atoms with E-state index in [1.165, 1.54) is 11.8 Å². The Kier molecular flexibility index (Phi) is 5.64. The molecule has 0 fully saturated rings. The summed E-state index contributed by atoms with van der Waals surface area (Å²) in [4.78, 5) is 12.7. The van der Waals surface area contributed by atoms with Crippen molar-refractivity contribution in [3.63, 3.8) is 0 Å². The van der Waals surface area contributed by atoms with Crippen molar-refractivity contribution < 1.29 is 9.21 Å². The maximum atomic E-state index is 12.7. The molecule has 1 unspecified atom stereocenters. The number of hydrogen-bond donors (Lipinski definition) is 0. The van der Waals surface area contributed by atoms with E-state index in [9.17, 15) is 4.79 Å². The molecule has 3 rings (SSSR count). The summed E-state index contributed by atoms with van der Waals surface area (Å²) in [5.74, 6) is 1.48. The summed E-state index contributed by atoms with van der Waals surface area (Å²) in [5.41, 5.74) is 1.50. The zero-order chi connectivity index (χ0) is 18.7. The Bertz CT molecular complexity index is 931. The van der Waals surface area contributed by atoms with Crippen molar-refractivity contribution in [2.24, 2.45) is 0 Å². The highest BCUT2D eigenvalue weighted by Gasteiger charge is 2.22. The molecule has 0 aliphatic rings. The zero-order valence-corrected chi connectivity index (χ0v) is 16.0. The Morgan fingerprint density at radius 1 is 1.35 bits per heavy atom. The summed E-state index contributed by atoms with van der Waals surface area (Å²) in [6.07, 6.45) is 3.40. The molecule has 1 aromatic carbocycles. The number of nitrogens with zero attached hydrogens (tertiary/aromatic N) is 3. The van der Waals surface area contributed by atoms with Crippen LogP contribution in [0.3, 0.4) is 0 Å². The number of halogens is 1. The van der Waals surface area contributed by atoms with Gasteiger partial charge in [0.05, 0.1) is 17.1 Å². The number of carbonyl (C=O) groups is 1. The predicted molar refractivity (Wildman–Crippen MR) is 104 cm³/mol. The molecule has 0 aliphatic heterocycles. The van der Waals surface area contributed by atoms with Gasteiger partial charge >= 0.3 is 0 Å². The minimum atomic E-state index is -0.317. The van der Waals surface area contributed by atoms with E-state index in [1.54, 1.807) is 36.6 Å². The highest BCUT2D eigenvalue weighted by molar-refractivity contribution is 8.00. The second-order valence-corrected chi connectivity index (χ2v) is 7.47. The second kappa shape index (κ2) is 7.93. The molecule has 0 radical (unpaired) electrons.